The number of ether oxygens (including phenoxy) is 7. The first-order valence-corrected chi connectivity index (χ1v) is 8.35. The summed E-state index contributed by atoms with van der Waals surface area (Å²) in [5.74, 6) is 0.575. The Kier molecular flexibility index (Phi) is 7.57. The third-order valence-corrected chi connectivity index (χ3v) is 4.67. The Hall–Kier alpha value is -0.800. The summed E-state index contributed by atoms with van der Waals surface area (Å²) in [4.78, 5) is 0. The third kappa shape index (κ3) is 4.49. The largest absolute Gasteiger partial charge is 0.464 e. The van der Waals surface area contributed by atoms with Gasteiger partial charge in [-0.05, 0) is 0 Å². The number of alkyl halides is 1. The fourth-order valence-corrected chi connectivity index (χ4v) is 2.82. The zero-order valence-electron chi connectivity index (χ0n) is 14.2. The molecule has 142 valence electrons. The Bertz CT molecular complexity index is 537. The van der Waals surface area contributed by atoms with Crippen molar-refractivity contribution in [2.45, 2.75) is 10.7 Å². The van der Waals surface area contributed by atoms with Gasteiger partial charge in [-0.3, -0.25) is 0 Å². The summed E-state index contributed by atoms with van der Waals surface area (Å²) in [6, 6.07) is 0. The molecule has 0 aromatic carbocycles. The van der Waals surface area contributed by atoms with E-state index in [1.54, 1.807) is 26.4 Å². The molecule has 1 heterocycles. The summed E-state index contributed by atoms with van der Waals surface area (Å²) in [6.07, 6.45) is 3.21. The summed E-state index contributed by atoms with van der Waals surface area (Å²) >= 11 is 12.8. The Labute approximate surface area is 157 Å². The molecule has 2 unspecified atom stereocenters. The quantitative estimate of drug-likeness (QED) is 0.156. The number of rotatable bonds is 13. The van der Waals surface area contributed by atoms with Gasteiger partial charge in [0, 0.05) is 20.3 Å². The van der Waals surface area contributed by atoms with Gasteiger partial charge >= 0.3 is 0 Å². The minimum atomic E-state index is -1.23. The first-order chi connectivity index (χ1) is 12.0. The predicted octanol–water partition coefficient (Wildman–Crippen LogP) is 2.50. The number of methoxy groups -OCH3 is 2. The van der Waals surface area contributed by atoms with E-state index in [9.17, 15) is 0 Å². The standard InChI is InChI=1S/C16H22Cl2O7/c1-4-15-9-12(23-10-21-7-5-19-2)13(14(17)16(15,18)25-15)24-11-22-8-6-20-3/h4,9H,1,5-8,10-11H2,2-3H3. The van der Waals surface area contributed by atoms with Gasteiger partial charge < -0.3 is 33.2 Å². The van der Waals surface area contributed by atoms with E-state index >= 15 is 0 Å². The van der Waals surface area contributed by atoms with Crippen LogP contribution < -0.4 is 0 Å². The van der Waals surface area contributed by atoms with E-state index in [1.807, 2.05) is 0 Å². The number of halogens is 2. The predicted molar refractivity (Wildman–Crippen MR) is 91.1 cm³/mol. The van der Waals surface area contributed by atoms with E-state index < -0.39 is 10.7 Å². The van der Waals surface area contributed by atoms with Crippen LogP contribution in [0.15, 0.2) is 35.3 Å². The lowest BCUT2D eigenvalue weighted by atomic mass is 9.98. The lowest BCUT2D eigenvalue weighted by molar-refractivity contribution is -0.0631. The van der Waals surface area contributed by atoms with Crippen molar-refractivity contribution in [1.29, 1.82) is 0 Å². The number of epoxide rings is 1. The molecule has 1 fully saturated rings. The Morgan fingerprint density at radius 2 is 1.68 bits per heavy atom. The van der Waals surface area contributed by atoms with Gasteiger partial charge in [0.05, 0.1) is 26.4 Å². The molecule has 0 N–H and O–H groups in total. The molecular weight excluding hydrogens is 375 g/mol. The SMILES string of the molecule is C=CC12C=C(OCOCCOC)C(OCOCCOC)=C(Cl)C1(Cl)O2. The van der Waals surface area contributed by atoms with Gasteiger partial charge in [0.15, 0.2) is 30.7 Å². The monoisotopic (exact) mass is 396 g/mol. The van der Waals surface area contributed by atoms with Crippen LogP contribution in [0.4, 0.5) is 0 Å². The molecule has 7 nitrogen and oxygen atoms in total. The van der Waals surface area contributed by atoms with Crippen LogP contribution in [0.25, 0.3) is 0 Å². The van der Waals surface area contributed by atoms with Crippen molar-refractivity contribution in [3.63, 3.8) is 0 Å². The Morgan fingerprint density at radius 1 is 1.08 bits per heavy atom. The van der Waals surface area contributed by atoms with E-state index in [1.165, 1.54) is 0 Å². The Morgan fingerprint density at radius 3 is 2.24 bits per heavy atom. The van der Waals surface area contributed by atoms with Crippen LogP contribution in [0.5, 0.6) is 0 Å². The average Bonchev–Trinajstić information content (AvgIpc) is 3.23. The lowest BCUT2D eigenvalue weighted by Crippen LogP contribution is -2.25. The summed E-state index contributed by atoms with van der Waals surface area (Å²) in [7, 11) is 3.17. The van der Waals surface area contributed by atoms with E-state index in [0.29, 0.717) is 32.2 Å². The number of fused-ring (bicyclic) bond motifs is 1. The normalized spacial score (nSPS) is 27.6. The molecule has 2 atom stereocenters. The highest BCUT2D eigenvalue weighted by molar-refractivity contribution is 6.41. The van der Waals surface area contributed by atoms with Crippen molar-refractivity contribution < 1.29 is 33.2 Å². The first-order valence-electron chi connectivity index (χ1n) is 7.59. The van der Waals surface area contributed by atoms with Crippen molar-refractivity contribution in [1.82, 2.24) is 0 Å². The molecule has 2 rings (SSSR count). The molecule has 1 saturated heterocycles. The highest BCUT2D eigenvalue weighted by Gasteiger charge is 2.72. The molecule has 1 aliphatic carbocycles. The second-order valence-electron chi connectivity index (χ2n) is 5.17. The van der Waals surface area contributed by atoms with Gasteiger partial charge in [0.2, 0.25) is 5.06 Å². The molecule has 0 aromatic heterocycles. The maximum Gasteiger partial charge on any atom is 0.219 e. The number of hydrogen-bond donors (Lipinski definition) is 0. The molecule has 0 bridgehead atoms. The van der Waals surface area contributed by atoms with Crippen molar-refractivity contribution >= 4 is 23.2 Å². The van der Waals surface area contributed by atoms with Crippen molar-refractivity contribution in [2.24, 2.45) is 0 Å². The fraction of sp³-hybridized carbons (Fsp3) is 0.625. The van der Waals surface area contributed by atoms with Crippen LogP contribution in [-0.2, 0) is 33.2 Å². The fourth-order valence-electron chi connectivity index (χ4n) is 2.14. The highest BCUT2D eigenvalue weighted by atomic mass is 35.5. The summed E-state index contributed by atoms with van der Waals surface area (Å²) in [6.45, 7) is 5.35. The van der Waals surface area contributed by atoms with Crippen LogP contribution in [-0.4, -0.2) is 64.9 Å². The molecule has 9 heteroatoms. The van der Waals surface area contributed by atoms with Crippen molar-refractivity contribution in [2.75, 3.05) is 54.2 Å². The lowest BCUT2D eigenvalue weighted by Gasteiger charge is -2.22. The van der Waals surface area contributed by atoms with Crippen LogP contribution >= 0.6 is 23.2 Å². The molecule has 0 spiro atoms. The van der Waals surface area contributed by atoms with Crippen molar-refractivity contribution in [3.05, 3.63) is 35.3 Å². The summed E-state index contributed by atoms with van der Waals surface area (Å²) in [5, 5.41) is -1.07. The molecule has 1 aliphatic heterocycles. The molecular formula is C16H22Cl2O7. The number of hydrogen-bond acceptors (Lipinski definition) is 7. The van der Waals surface area contributed by atoms with Crippen LogP contribution in [0.2, 0.25) is 0 Å². The van der Waals surface area contributed by atoms with E-state index in [-0.39, 0.29) is 24.4 Å². The molecule has 0 aromatic rings. The van der Waals surface area contributed by atoms with Gasteiger partial charge in [-0.1, -0.05) is 35.9 Å². The summed E-state index contributed by atoms with van der Waals surface area (Å²) in [5.41, 5.74) is -0.933. The first kappa shape index (κ1) is 20.5. The van der Waals surface area contributed by atoms with Gasteiger partial charge in [-0.15, -0.1) is 0 Å². The van der Waals surface area contributed by atoms with Crippen LogP contribution in [0, 0.1) is 0 Å². The molecule has 0 saturated carbocycles. The molecule has 2 aliphatic rings. The smallest absolute Gasteiger partial charge is 0.219 e. The maximum absolute atomic E-state index is 6.41. The van der Waals surface area contributed by atoms with Crippen LogP contribution in [0.3, 0.4) is 0 Å². The minimum absolute atomic E-state index is 0.0146. The minimum Gasteiger partial charge on any atom is -0.464 e. The van der Waals surface area contributed by atoms with Gasteiger partial charge in [0.1, 0.15) is 5.03 Å². The second-order valence-corrected chi connectivity index (χ2v) is 6.08. The molecule has 25 heavy (non-hydrogen) atoms. The van der Waals surface area contributed by atoms with Crippen LogP contribution in [0.1, 0.15) is 0 Å². The topological polar surface area (TPSA) is 67.9 Å². The van der Waals surface area contributed by atoms with Crippen molar-refractivity contribution in [3.8, 4) is 0 Å². The Balaban J connectivity index is 2.01. The van der Waals surface area contributed by atoms with E-state index in [2.05, 4.69) is 6.58 Å². The second kappa shape index (κ2) is 9.23. The van der Waals surface area contributed by atoms with Gasteiger partial charge in [-0.2, -0.15) is 0 Å². The van der Waals surface area contributed by atoms with E-state index in [0.717, 1.165) is 0 Å². The van der Waals surface area contributed by atoms with Gasteiger partial charge in [0.25, 0.3) is 0 Å². The summed E-state index contributed by atoms with van der Waals surface area (Å²) < 4.78 is 37.1. The van der Waals surface area contributed by atoms with E-state index in [4.69, 9.17) is 56.4 Å². The van der Waals surface area contributed by atoms with Gasteiger partial charge in [-0.25, -0.2) is 0 Å². The zero-order chi connectivity index (χ0) is 18.3. The highest BCUT2D eigenvalue weighted by Crippen LogP contribution is 2.63. The maximum atomic E-state index is 6.41. The molecule has 0 amide bonds. The zero-order valence-corrected chi connectivity index (χ0v) is 15.7. The third-order valence-electron chi connectivity index (χ3n) is 3.57. The average molecular weight is 397 g/mol. The molecule has 0 radical (unpaired) electrons.